The molecule has 1 aliphatic rings. The third-order valence-electron chi connectivity index (χ3n) is 2.77. The first-order valence-electron chi connectivity index (χ1n) is 4.90. The van der Waals surface area contributed by atoms with Crippen molar-refractivity contribution >= 4 is 11.6 Å². The molecule has 1 aromatic heterocycles. The van der Waals surface area contributed by atoms with E-state index in [2.05, 4.69) is 5.10 Å². The normalized spacial score (nSPS) is 27.1. The van der Waals surface area contributed by atoms with Gasteiger partial charge < -0.3 is 4.74 Å². The molecule has 2 heterocycles. The van der Waals surface area contributed by atoms with E-state index in [0.29, 0.717) is 11.8 Å². The number of hydrogen-bond acceptors (Lipinski definition) is 2. The highest BCUT2D eigenvalue weighted by Crippen LogP contribution is 2.36. The largest absolute Gasteiger partial charge is 0.373 e. The van der Waals surface area contributed by atoms with Gasteiger partial charge in [-0.15, -0.1) is 11.6 Å². The summed E-state index contributed by atoms with van der Waals surface area (Å²) in [6.45, 7) is 2.83. The minimum atomic E-state index is 0.154. The Morgan fingerprint density at radius 1 is 1.71 bits per heavy atom. The second-order valence-corrected chi connectivity index (χ2v) is 4.15. The number of nitrogens with zero attached hydrogens (tertiary/aromatic N) is 2. The third-order valence-corrected chi connectivity index (χ3v) is 3.17. The molecule has 14 heavy (non-hydrogen) atoms. The van der Waals surface area contributed by atoms with E-state index in [1.54, 1.807) is 0 Å². The zero-order chi connectivity index (χ0) is 10.1. The molecule has 4 heteroatoms. The monoisotopic (exact) mass is 214 g/mol. The molecule has 0 aliphatic carbocycles. The number of hydrogen-bond donors (Lipinski definition) is 0. The minimum Gasteiger partial charge on any atom is -0.373 e. The van der Waals surface area contributed by atoms with Crippen LogP contribution in [0.1, 0.15) is 23.8 Å². The molecular weight excluding hydrogens is 200 g/mol. The highest BCUT2D eigenvalue weighted by atomic mass is 35.5. The van der Waals surface area contributed by atoms with Gasteiger partial charge in [0.15, 0.2) is 0 Å². The van der Waals surface area contributed by atoms with Crippen LogP contribution < -0.4 is 0 Å². The molecule has 1 aromatic rings. The fourth-order valence-corrected chi connectivity index (χ4v) is 2.35. The van der Waals surface area contributed by atoms with Crippen LogP contribution in [0.25, 0.3) is 0 Å². The fraction of sp³-hybridized carbons (Fsp3) is 0.700. The van der Waals surface area contributed by atoms with Gasteiger partial charge in [-0.05, 0) is 13.3 Å². The molecule has 1 saturated heterocycles. The zero-order valence-corrected chi connectivity index (χ0v) is 9.29. The van der Waals surface area contributed by atoms with Crippen molar-refractivity contribution in [2.24, 2.45) is 13.0 Å². The second-order valence-electron chi connectivity index (χ2n) is 3.84. The average molecular weight is 215 g/mol. The van der Waals surface area contributed by atoms with Gasteiger partial charge in [0, 0.05) is 37.2 Å². The van der Waals surface area contributed by atoms with Crippen molar-refractivity contribution in [3.8, 4) is 0 Å². The Morgan fingerprint density at radius 2 is 2.50 bits per heavy atom. The van der Waals surface area contributed by atoms with Gasteiger partial charge in [0.25, 0.3) is 0 Å². The van der Waals surface area contributed by atoms with Gasteiger partial charge in [-0.3, -0.25) is 4.68 Å². The average Bonchev–Trinajstić information content (AvgIpc) is 2.71. The zero-order valence-electron chi connectivity index (χ0n) is 8.53. The van der Waals surface area contributed by atoms with E-state index in [1.165, 1.54) is 5.56 Å². The van der Waals surface area contributed by atoms with Crippen LogP contribution in [0.2, 0.25) is 0 Å². The lowest BCUT2D eigenvalue weighted by Crippen LogP contribution is -2.09. The van der Waals surface area contributed by atoms with Gasteiger partial charge in [-0.1, -0.05) is 0 Å². The molecule has 0 amide bonds. The number of aryl methyl sites for hydroxylation is 2. The summed E-state index contributed by atoms with van der Waals surface area (Å²) in [6.07, 6.45) is 3.24. The molecule has 0 radical (unpaired) electrons. The van der Waals surface area contributed by atoms with Crippen LogP contribution in [0, 0.1) is 12.8 Å². The SMILES string of the molecule is Cc1nn(C)cc1C1OCCC1CCl. The van der Waals surface area contributed by atoms with Crippen molar-refractivity contribution < 1.29 is 4.74 Å². The Morgan fingerprint density at radius 3 is 3.07 bits per heavy atom. The first kappa shape index (κ1) is 9.99. The Labute approximate surface area is 89.0 Å². The summed E-state index contributed by atoms with van der Waals surface area (Å²) in [5.41, 5.74) is 2.24. The molecule has 78 valence electrons. The number of halogens is 1. The smallest absolute Gasteiger partial charge is 0.0898 e. The Hall–Kier alpha value is -0.540. The maximum Gasteiger partial charge on any atom is 0.0898 e. The summed E-state index contributed by atoms with van der Waals surface area (Å²) < 4.78 is 7.53. The number of ether oxygens (including phenoxy) is 1. The quantitative estimate of drug-likeness (QED) is 0.705. The van der Waals surface area contributed by atoms with Crippen molar-refractivity contribution in [2.45, 2.75) is 19.4 Å². The summed E-state index contributed by atoms with van der Waals surface area (Å²) in [6, 6.07) is 0. The van der Waals surface area contributed by atoms with Crippen molar-refractivity contribution in [2.75, 3.05) is 12.5 Å². The van der Waals surface area contributed by atoms with Crippen LogP contribution in [0.5, 0.6) is 0 Å². The maximum absolute atomic E-state index is 5.90. The molecule has 0 bridgehead atoms. The van der Waals surface area contributed by atoms with Crippen LogP contribution >= 0.6 is 11.6 Å². The summed E-state index contributed by atoms with van der Waals surface area (Å²) in [4.78, 5) is 0. The van der Waals surface area contributed by atoms with E-state index < -0.39 is 0 Å². The topological polar surface area (TPSA) is 27.1 Å². The molecule has 1 fully saturated rings. The van der Waals surface area contributed by atoms with E-state index in [1.807, 2.05) is 24.9 Å². The Kier molecular flexibility index (Phi) is 2.79. The second kappa shape index (κ2) is 3.91. The number of aromatic nitrogens is 2. The number of rotatable bonds is 2. The predicted octanol–water partition coefficient (Wildman–Crippen LogP) is 2.04. The first-order chi connectivity index (χ1) is 6.72. The summed E-state index contributed by atoms with van der Waals surface area (Å²) in [5.74, 6) is 1.11. The van der Waals surface area contributed by atoms with Gasteiger partial charge in [-0.25, -0.2) is 0 Å². The molecule has 0 aromatic carbocycles. The van der Waals surface area contributed by atoms with E-state index in [4.69, 9.17) is 16.3 Å². The lowest BCUT2D eigenvalue weighted by Gasteiger charge is -2.14. The first-order valence-corrected chi connectivity index (χ1v) is 5.43. The van der Waals surface area contributed by atoms with Gasteiger partial charge in [-0.2, -0.15) is 5.10 Å². The van der Waals surface area contributed by atoms with Crippen molar-refractivity contribution in [1.82, 2.24) is 9.78 Å². The molecule has 2 unspecified atom stereocenters. The maximum atomic E-state index is 5.90. The van der Waals surface area contributed by atoms with Crippen LogP contribution in [0.15, 0.2) is 6.20 Å². The molecule has 1 aliphatic heterocycles. The molecular formula is C10H15ClN2O. The summed E-state index contributed by atoms with van der Waals surface area (Å²) >= 11 is 5.90. The van der Waals surface area contributed by atoms with E-state index in [9.17, 15) is 0 Å². The Balaban J connectivity index is 2.25. The van der Waals surface area contributed by atoms with Gasteiger partial charge in [0.05, 0.1) is 11.8 Å². The van der Waals surface area contributed by atoms with E-state index >= 15 is 0 Å². The van der Waals surface area contributed by atoms with Gasteiger partial charge in [0.2, 0.25) is 0 Å². The highest BCUT2D eigenvalue weighted by Gasteiger charge is 2.31. The molecule has 0 spiro atoms. The summed E-state index contributed by atoms with van der Waals surface area (Å²) in [5, 5.41) is 4.32. The van der Waals surface area contributed by atoms with E-state index in [0.717, 1.165) is 18.7 Å². The molecule has 3 nitrogen and oxygen atoms in total. The van der Waals surface area contributed by atoms with Crippen molar-refractivity contribution in [3.05, 3.63) is 17.5 Å². The standard InChI is InChI=1S/C10H15ClN2O/c1-7-9(6-13(2)12-7)10-8(5-11)3-4-14-10/h6,8,10H,3-5H2,1-2H3. The third kappa shape index (κ3) is 1.66. The molecule has 0 N–H and O–H groups in total. The van der Waals surface area contributed by atoms with Crippen LogP contribution in [-0.2, 0) is 11.8 Å². The predicted molar refractivity (Wildman–Crippen MR) is 55.5 cm³/mol. The van der Waals surface area contributed by atoms with Crippen molar-refractivity contribution in [1.29, 1.82) is 0 Å². The lowest BCUT2D eigenvalue weighted by molar-refractivity contribution is 0.0946. The van der Waals surface area contributed by atoms with Crippen molar-refractivity contribution in [3.63, 3.8) is 0 Å². The van der Waals surface area contributed by atoms with Gasteiger partial charge in [0.1, 0.15) is 0 Å². The molecule has 0 saturated carbocycles. The number of alkyl halides is 1. The van der Waals surface area contributed by atoms with Crippen LogP contribution in [-0.4, -0.2) is 22.3 Å². The van der Waals surface area contributed by atoms with Crippen LogP contribution in [0.3, 0.4) is 0 Å². The summed E-state index contributed by atoms with van der Waals surface area (Å²) in [7, 11) is 1.93. The highest BCUT2D eigenvalue weighted by molar-refractivity contribution is 6.18. The lowest BCUT2D eigenvalue weighted by atomic mass is 9.98. The molecule has 2 rings (SSSR count). The molecule has 2 atom stereocenters. The van der Waals surface area contributed by atoms with Crippen LogP contribution in [0.4, 0.5) is 0 Å². The van der Waals surface area contributed by atoms with E-state index in [-0.39, 0.29) is 6.10 Å². The fourth-order valence-electron chi connectivity index (χ4n) is 2.03. The minimum absolute atomic E-state index is 0.154. The Bertz CT molecular complexity index is 324. The van der Waals surface area contributed by atoms with Gasteiger partial charge >= 0.3 is 0 Å².